The first-order chi connectivity index (χ1) is 15.0. The summed E-state index contributed by atoms with van der Waals surface area (Å²) in [6.45, 7) is 0. The van der Waals surface area contributed by atoms with Crippen LogP contribution in [0.5, 0.6) is 11.5 Å². The Bertz CT molecular complexity index is 1180. The van der Waals surface area contributed by atoms with Crippen LogP contribution in [0.3, 0.4) is 0 Å². The maximum Gasteiger partial charge on any atom is 0.193 e. The van der Waals surface area contributed by atoms with Crippen LogP contribution in [0, 0.1) is 0 Å². The molecule has 1 unspecified atom stereocenters. The Hall–Kier alpha value is -3.35. The average Bonchev–Trinajstić information content (AvgIpc) is 2.81. The van der Waals surface area contributed by atoms with Gasteiger partial charge in [0.2, 0.25) is 0 Å². The predicted molar refractivity (Wildman–Crippen MR) is 125 cm³/mol. The van der Waals surface area contributed by atoms with Crippen molar-refractivity contribution in [1.82, 2.24) is 10.6 Å². The molecule has 0 saturated heterocycles. The van der Waals surface area contributed by atoms with Gasteiger partial charge in [0, 0.05) is 5.56 Å². The van der Waals surface area contributed by atoms with Gasteiger partial charge in [-0.05, 0) is 35.5 Å². The van der Waals surface area contributed by atoms with Crippen molar-refractivity contribution in [2.45, 2.75) is 6.04 Å². The lowest BCUT2D eigenvalue weighted by molar-refractivity contribution is 0.102. The molecule has 1 heterocycles. The van der Waals surface area contributed by atoms with Crippen LogP contribution in [0.4, 0.5) is 0 Å². The van der Waals surface area contributed by atoms with E-state index in [0.717, 1.165) is 5.56 Å². The second-order valence-electron chi connectivity index (χ2n) is 6.93. The van der Waals surface area contributed by atoms with Crippen molar-refractivity contribution in [3.8, 4) is 11.5 Å². The van der Waals surface area contributed by atoms with E-state index in [0.29, 0.717) is 27.5 Å². The van der Waals surface area contributed by atoms with E-state index in [4.69, 9.17) is 28.6 Å². The number of ketones is 1. The van der Waals surface area contributed by atoms with Gasteiger partial charge in [0.15, 0.2) is 22.4 Å². The van der Waals surface area contributed by atoms with Crippen molar-refractivity contribution >= 4 is 40.4 Å². The molecule has 0 saturated carbocycles. The van der Waals surface area contributed by atoms with E-state index in [9.17, 15) is 9.90 Å². The van der Waals surface area contributed by atoms with Crippen LogP contribution >= 0.6 is 23.8 Å². The Morgan fingerprint density at radius 2 is 1.71 bits per heavy atom. The molecule has 1 aliphatic rings. The highest BCUT2D eigenvalue weighted by Crippen LogP contribution is 2.40. The quantitative estimate of drug-likeness (QED) is 0.380. The molecule has 5 nitrogen and oxygen atoms in total. The van der Waals surface area contributed by atoms with Gasteiger partial charge < -0.3 is 20.5 Å². The lowest BCUT2D eigenvalue weighted by Gasteiger charge is -2.32. The Morgan fingerprint density at radius 1 is 1.06 bits per heavy atom. The summed E-state index contributed by atoms with van der Waals surface area (Å²) in [5, 5.41) is 17.0. The third-order valence-corrected chi connectivity index (χ3v) is 5.53. The highest BCUT2D eigenvalue weighted by Gasteiger charge is 2.33. The van der Waals surface area contributed by atoms with Crippen molar-refractivity contribution in [3.63, 3.8) is 0 Å². The van der Waals surface area contributed by atoms with Gasteiger partial charge in [-0.25, -0.2) is 0 Å². The molecule has 0 aliphatic carbocycles. The van der Waals surface area contributed by atoms with Gasteiger partial charge in [-0.3, -0.25) is 4.79 Å². The van der Waals surface area contributed by atoms with Crippen LogP contribution in [0.25, 0.3) is 5.70 Å². The highest BCUT2D eigenvalue weighted by molar-refractivity contribution is 7.80. The van der Waals surface area contributed by atoms with Crippen LogP contribution in [0.15, 0.2) is 78.4 Å². The summed E-state index contributed by atoms with van der Waals surface area (Å²) in [4.78, 5) is 13.7. The number of ether oxygens (including phenoxy) is 1. The van der Waals surface area contributed by atoms with Crippen molar-refractivity contribution in [1.29, 1.82) is 0 Å². The largest absolute Gasteiger partial charge is 0.503 e. The number of methoxy groups -OCH3 is 1. The number of aromatic hydroxyl groups is 1. The van der Waals surface area contributed by atoms with E-state index in [-0.39, 0.29) is 22.3 Å². The van der Waals surface area contributed by atoms with Crippen LogP contribution in [-0.2, 0) is 0 Å². The molecule has 31 heavy (non-hydrogen) atoms. The smallest absolute Gasteiger partial charge is 0.193 e. The number of phenolic OH excluding ortho intramolecular Hbond substituents is 1. The zero-order valence-corrected chi connectivity index (χ0v) is 18.1. The van der Waals surface area contributed by atoms with Gasteiger partial charge in [-0.2, -0.15) is 0 Å². The number of nitrogens with one attached hydrogen (secondary N) is 2. The summed E-state index contributed by atoms with van der Waals surface area (Å²) in [7, 11) is 1.44. The predicted octanol–water partition coefficient (Wildman–Crippen LogP) is 4.87. The number of rotatable bonds is 5. The minimum atomic E-state index is -0.608. The fraction of sp³-hybridized carbons (Fsp3) is 0.0833. The molecule has 0 radical (unpaired) electrons. The van der Waals surface area contributed by atoms with E-state index in [1.165, 1.54) is 7.11 Å². The minimum Gasteiger partial charge on any atom is -0.503 e. The maximum absolute atomic E-state index is 13.7. The standard InChI is InChI=1S/C24H19ClN2O3S/c1-30-18-13-16(12-17(25)23(18)29)21-19(22(28)15-10-6-3-7-11-15)20(26-24(31)27-21)14-8-4-2-5-9-14/h2-13,21,29H,1H3,(H2,26,27,31). The number of phenols is 1. The Labute approximate surface area is 190 Å². The van der Waals surface area contributed by atoms with E-state index < -0.39 is 6.04 Å². The molecule has 1 aliphatic heterocycles. The van der Waals surface area contributed by atoms with Gasteiger partial charge in [0.25, 0.3) is 0 Å². The lowest BCUT2D eigenvalue weighted by atomic mass is 9.87. The molecular formula is C24H19ClN2O3S. The van der Waals surface area contributed by atoms with Crippen LogP contribution in [0.2, 0.25) is 5.02 Å². The molecule has 0 amide bonds. The Kier molecular flexibility index (Phi) is 5.93. The normalized spacial score (nSPS) is 15.8. The molecule has 156 valence electrons. The topological polar surface area (TPSA) is 70.6 Å². The van der Waals surface area contributed by atoms with E-state index in [1.807, 2.05) is 48.5 Å². The molecule has 3 aromatic carbocycles. The monoisotopic (exact) mass is 450 g/mol. The van der Waals surface area contributed by atoms with Crippen molar-refractivity contribution < 1.29 is 14.6 Å². The zero-order valence-electron chi connectivity index (χ0n) is 16.6. The number of thiocarbonyl (C=S) groups is 1. The first kappa shape index (κ1) is 20.9. The molecule has 0 aromatic heterocycles. The summed E-state index contributed by atoms with van der Waals surface area (Å²) < 4.78 is 5.26. The highest BCUT2D eigenvalue weighted by atomic mass is 35.5. The third kappa shape index (κ3) is 4.13. The number of hydrogen-bond acceptors (Lipinski definition) is 4. The van der Waals surface area contributed by atoms with Gasteiger partial charge in [0.1, 0.15) is 0 Å². The van der Waals surface area contributed by atoms with Gasteiger partial charge in [0.05, 0.1) is 29.4 Å². The number of carbonyl (C=O) groups excluding carboxylic acids is 1. The maximum atomic E-state index is 13.7. The summed E-state index contributed by atoms with van der Waals surface area (Å²) in [6, 6.07) is 21.2. The number of benzene rings is 3. The first-order valence-corrected chi connectivity index (χ1v) is 10.3. The second kappa shape index (κ2) is 8.79. The van der Waals surface area contributed by atoms with Crippen molar-refractivity contribution in [2.75, 3.05) is 7.11 Å². The number of halogens is 1. The Morgan fingerprint density at radius 3 is 2.35 bits per heavy atom. The second-order valence-corrected chi connectivity index (χ2v) is 7.75. The lowest BCUT2D eigenvalue weighted by Crippen LogP contribution is -2.45. The minimum absolute atomic E-state index is 0.119. The molecule has 0 fully saturated rings. The molecule has 0 spiro atoms. The number of carbonyl (C=O) groups is 1. The summed E-state index contributed by atoms with van der Waals surface area (Å²) >= 11 is 11.7. The van der Waals surface area contributed by atoms with Crippen molar-refractivity contribution in [2.24, 2.45) is 0 Å². The molecule has 3 N–H and O–H groups in total. The molecule has 7 heteroatoms. The van der Waals surface area contributed by atoms with Gasteiger partial charge >= 0.3 is 0 Å². The van der Waals surface area contributed by atoms with Gasteiger partial charge in [-0.1, -0.05) is 72.3 Å². The summed E-state index contributed by atoms with van der Waals surface area (Å²) in [5.41, 5.74) is 3.11. The summed E-state index contributed by atoms with van der Waals surface area (Å²) in [6.07, 6.45) is 0. The van der Waals surface area contributed by atoms with Crippen molar-refractivity contribution in [3.05, 3.63) is 100 Å². The fourth-order valence-corrected chi connectivity index (χ4v) is 3.99. The number of hydrogen-bond donors (Lipinski definition) is 3. The average molecular weight is 451 g/mol. The molecule has 1 atom stereocenters. The Balaban J connectivity index is 1.96. The molecule has 3 aromatic rings. The van der Waals surface area contributed by atoms with E-state index in [1.54, 1.807) is 24.3 Å². The van der Waals surface area contributed by atoms with Crippen LogP contribution in [0.1, 0.15) is 27.5 Å². The fourth-order valence-electron chi connectivity index (χ4n) is 3.55. The third-order valence-electron chi connectivity index (χ3n) is 5.02. The van der Waals surface area contributed by atoms with Gasteiger partial charge in [-0.15, -0.1) is 0 Å². The first-order valence-electron chi connectivity index (χ1n) is 9.53. The van der Waals surface area contributed by atoms with E-state index in [2.05, 4.69) is 10.6 Å². The molecule has 0 bridgehead atoms. The van der Waals surface area contributed by atoms with Crippen LogP contribution < -0.4 is 15.4 Å². The van der Waals surface area contributed by atoms with E-state index >= 15 is 0 Å². The van der Waals surface area contributed by atoms with Crippen LogP contribution in [-0.4, -0.2) is 23.1 Å². The summed E-state index contributed by atoms with van der Waals surface area (Å²) in [5.74, 6) is -0.107. The SMILES string of the molecule is COc1cc(C2NC(=S)NC(c3ccccc3)=C2C(=O)c2ccccc2)cc(Cl)c1O. The zero-order chi connectivity index (χ0) is 22.0. The molecular weight excluding hydrogens is 432 g/mol. The number of Topliss-reactive ketones (excluding diaryl/α,β-unsaturated/α-hetero) is 1. The molecule has 4 rings (SSSR count).